The highest BCUT2D eigenvalue weighted by molar-refractivity contribution is 6.00. The van der Waals surface area contributed by atoms with Gasteiger partial charge in [0.05, 0.1) is 5.71 Å². The maximum Gasteiger partial charge on any atom is 0.0871 e. The molecular formula is C15H20N2O. The number of hydrogen-bond acceptors (Lipinski definition) is 3. The van der Waals surface area contributed by atoms with Gasteiger partial charge in [0, 0.05) is 6.54 Å². The molecule has 0 radical (unpaired) electrons. The first kappa shape index (κ1) is 11.7. The zero-order chi connectivity index (χ0) is 12.4. The third-order valence-electron chi connectivity index (χ3n) is 4.47. The summed E-state index contributed by atoms with van der Waals surface area (Å²) in [5, 5.41) is 12.8. The lowest BCUT2D eigenvalue weighted by Crippen LogP contribution is -2.47. The molecule has 1 N–H and O–H groups in total. The van der Waals surface area contributed by atoms with Gasteiger partial charge >= 0.3 is 0 Å². The minimum atomic E-state index is 0.665. The molecule has 3 aliphatic heterocycles. The van der Waals surface area contributed by atoms with E-state index in [2.05, 4.69) is 10.1 Å². The van der Waals surface area contributed by atoms with E-state index in [0.717, 1.165) is 23.6 Å². The molecule has 18 heavy (non-hydrogen) atoms. The smallest absolute Gasteiger partial charge is 0.0871 e. The molecule has 0 aliphatic carbocycles. The van der Waals surface area contributed by atoms with E-state index >= 15 is 0 Å². The fourth-order valence-corrected chi connectivity index (χ4v) is 3.41. The molecule has 1 atom stereocenters. The van der Waals surface area contributed by atoms with Crippen molar-refractivity contribution in [3.63, 3.8) is 0 Å². The second kappa shape index (κ2) is 5.11. The molecule has 3 nitrogen and oxygen atoms in total. The lowest BCUT2D eigenvalue weighted by Gasteiger charge is -2.45. The van der Waals surface area contributed by atoms with Crippen molar-refractivity contribution >= 4 is 5.71 Å². The van der Waals surface area contributed by atoms with Gasteiger partial charge < -0.3 is 10.1 Å². The predicted molar refractivity (Wildman–Crippen MR) is 72.0 cm³/mol. The Morgan fingerprint density at radius 2 is 1.94 bits per heavy atom. The van der Waals surface area contributed by atoms with E-state index < -0.39 is 0 Å². The minimum Gasteiger partial charge on any atom is -0.411 e. The molecule has 4 rings (SSSR count). The average Bonchev–Trinajstić information content (AvgIpc) is 2.47. The number of hydrogen-bond donors (Lipinski definition) is 1. The Hall–Kier alpha value is -1.35. The molecule has 3 saturated heterocycles. The Morgan fingerprint density at radius 1 is 1.22 bits per heavy atom. The molecule has 3 heterocycles. The number of fused-ring (bicyclic) bond motifs is 3. The third-order valence-corrected chi connectivity index (χ3v) is 4.47. The maximum absolute atomic E-state index is 9.25. The van der Waals surface area contributed by atoms with Crippen LogP contribution in [0.4, 0.5) is 0 Å². The van der Waals surface area contributed by atoms with Crippen molar-refractivity contribution in [1.29, 1.82) is 0 Å². The molecule has 0 amide bonds. The molecule has 3 heteroatoms. The van der Waals surface area contributed by atoms with Crippen molar-refractivity contribution in [1.82, 2.24) is 4.90 Å². The van der Waals surface area contributed by atoms with E-state index in [4.69, 9.17) is 0 Å². The fraction of sp³-hybridized carbons (Fsp3) is 0.533. The van der Waals surface area contributed by atoms with Crippen LogP contribution in [-0.4, -0.2) is 35.5 Å². The van der Waals surface area contributed by atoms with Crippen LogP contribution in [0.3, 0.4) is 0 Å². The maximum atomic E-state index is 9.25. The second-order valence-corrected chi connectivity index (χ2v) is 5.51. The molecule has 1 aromatic rings. The summed E-state index contributed by atoms with van der Waals surface area (Å²) in [6.45, 7) is 3.70. The quantitative estimate of drug-likeness (QED) is 0.504. The zero-order valence-corrected chi connectivity index (χ0v) is 10.6. The van der Waals surface area contributed by atoms with Crippen LogP contribution in [0, 0.1) is 11.8 Å². The standard InChI is InChI=1S/C15H20N2O/c18-16-15(13-4-2-1-3-5-13)10-14-11-17-8-6-12(14)7-9-17/h1-5,12,14,18H,6-11H2. The van der Waals surface area contributed by atoms with Crippen LogP contribution in [0.2, 0.25) is 0 Å². The van der Waals surface area contributed by atoms with Crippen LogP contribution in [0.1, 0.15) is 24.8 Å². The van der Waals surface area contributed by atoms with Crippen molar-refractivity contribution in [2.24, 2.45) is 17.0 Å². The molecule has 3 fully saturated rings. The monoisotopic (exact) mass is 244 g/mol. The number of rotatable bonds is 3. The summed E-state index contributed by atoms with van der Waals surface area (Å²) in [4.78, 5) is 2.55. The van der Waals surface area contributed by atoms with Crippen LogP contribution in [0.25, 0.3) is 0 Å². The first-order valence-corrected chi connectivity index (χ1v) is 6.85. The average molecular weight is 244 g/mol. The molecule has 0 saturated carbocycles. The summed E-state index contributed by atoms with van der Waals surface area (Å²) >= 11 is 0. The second-order valence-electron chi connectivity index (χ2n) is 5.51. The summed E-state index contributed by atoms with van der Waals surface area (Å²) in [6.07, 6.45) is 3.54. The van der Waals surface area contributed by atoms with Gasteiger partial charge in [-0.25, -0.2) is 0 Å². The SMILES string of the molecule is ON=C(CC1CN2CCC1CC2)c1ccccc1. The number of nitrogens with zero attached hydrogens (tertiary/aromatic N) is 2. The first-order valence-electron chi connectivity index (χ1n) is 6.85. The lowest BCUT2D eigenvalue weighted by atomic mass is 9.76. The lowest BCUT2D eigenvalue weighted by molar-refractivity contribution is 0.0544. The van der Waals surface area contributed by atoms with Gasteiger partial charge in [0.15, 0.2) is 0 Å². The van der Waals surface area contributed by atoms with Crippen molar-refractivity contribution in [3.8, 4) is 0 Å². The summed E-state index contributed by atoms with van der Waals surface area (Å²) in [5.74, 6) is 1.49. The van der Waals surface area contributed by atoms with Crippen LogP contribution >= 0.6 is 0 Å². The van der Waals surface area contributed by atoms with E-state index in [9.17, 15) is 5.21 Å². The Labute approximate surface area is 108 Å². The molecule has 0 aromatic heterocycles. The van der Waals surface area contributed by atoms with E-state index in [0.29, 0.717) is 5.92 Å². The van der Waals surface area contributed by atoms with E-state index in [1.807, 2.05) is 30.3 Å². The molecule has 1 unspecified atom stereocenters. The summed E-state index contributed by atoms with van der Waals surface area (Å²) in [5.41, 5.74) is 1.89. The predicted octanol–water partition coefficient (Wildman–Crippen LogP) is 2.60. The zero-order valence-electron chi connectivity index (χ0n) is 10.6. The Kier molecular flexibility index (Phi) is 3.33. The van der Waals surface area contributed by atoms with Gasteiger partial charge in [-0.3, -0.25) is 0 Å². The summed E-state index contributed by atoms with van der Waals surface area (Å²) in [7, 11) is 0. The molecule has 2 bridgehead atoms. The van der Waals surface area contributed by atoms with Gasteiger partial charge in [-0.1, -0.05) is 35.5 Å². The van der Waals surface area contributed by atoms with E-state index in [1.54, 1.807) is 0 Å². The third kappa shape index (κ3) is 2.27. The van der Waals surface area contributed by atoms with Crippen molar-refractivity contribution in [2.45, 2.75) is 19.3 Å². The Bertz CT molecular complexity index is 421. The highest BCUT2D eigenvalue weighted by Crippen LogP contribution is 2.34. The number of benzene rings is 1. The van der Waals surface area contributed by atoms with Crippen LogP contribution < -0.4 is 0 Å². The number of piperidine rings is 3. The van der Waals surface area contributed by atoms with Crippen LogP contribution in [-0.2, 0) is 0 Å². The molecule has 1 aromatic carbocycles. The van der Waals surface area contributed by atoms with E-state index in [1.165, 1.54) is 32.5 Å². The van der Waals surface area contributed by atoms with Crippen LogP contribution in [0.15, 0.2) is 35.5 Å². The first-order chi connectivity index (χ1) is 8.86. The molecule has 0 spiro atoms. The van der Waals surface area contributed by atoms with Crippen LogP contribution in [0.5, 0.6) is 0 Å². The van der Waals surface area contributed by atoms with Gasteiger partial charge in [0.2, 0.25) is 0 Å². The number of oxime groups is 1. The molecular weight excluding hydrogens is 224 g/mol. The molecule has 3 aliphatic rings. The Balaban J connectivity index is 1.72. The van der Waals surface area contributed by atoms with E-state index in [-0.39, 0.29) is 0 Å². The topological polar surface area (TPSA) is 35.8 Å². The molecule has 96 valence electrons. The van der Waals surface area contributed by atoms with Gasteiger partial charge in [0.25, 0.3) is 0 Å². The van der Waals surface area contributed by atoms with Crippen molar-refractivity contribution in [3.05, 3.63) is 35.9 Å². The normalized spacial score (nSPS) is 31.6. The Morgan fingerprint density at radius 3 is 2.50 bits per heavy atom. The van der Waals surface area contributed by atoms with Crippen molar-refractivity contribution in [2.75, 3.05) is 19.6 Å². The van der Waals surface area contributed by atoms with Crippen molar-refractivity contribution < 1.29 is 5.21 Å². The van der Waals surface area contributed by atoms with Gasteiger partial charge in [-0.05, 0) is 49.8 Å². The van der Waals surface area contributed by atoms with Gasteiger partial charge in [-0.15, -0.1) is 0 Å². The summed E-state index contributed by atoms with van der Waals surface area (Å²) in [6, 6.07) is 10.0. The van der Waals surface area contributed by atoms with Gasteiger partial charge in [-0.2, -0.15) is 0 Å². The minimum absolute atomic E-state index is 0.665. The fourth-order valence-electron chi connectivity index (χ4n) is 3.41. The van der Waals surface area contributed by atoms with Gasteiger partial charge in [0.1, 0.15) is 0 Å². The summed E-state index contributed by atoms with van der Waals surface area (Å²) < 4.78 is 0. The highest BCUT2D eigenvalue weighted by atomic mass is 16.4. The largest absolute Gasteiger partial charge is 0.411 e. The highest BCUT2D eigenvalue weighted by Gasteiger charge is 2.34.